The Balaban J connectivity index is 1.53. The Hall–Kier alpha value is -3.52. The zero-order valence-corrected chi connectivity index (χ0v) is 33.8. The molecule has 0 aromatic rings. The summed E-state index contributed by atoms with van der Waals surface area (Å²) in [6.07, 6.45) is 6.63. The first-order chi connectivity index (χ1) is 26.3. The molecule has 2 aliphatic heterocycles. The zero-order valence-electron chi connectivity index (χ0n) is 33.8. The third kappa shape index (κ3) is 8.95. The summed E-state index contributed by atoms with van der Waals surface area (Å²) in [4.78, 5) is 51.7. The van der Waals surface area contributed by atoms with E-state index in [1.165, 1.54) is 13.8 Å². The highest BCUT2D eigenvalue weighted by molar-refractivity contribution is 5.99. The largest absolute Gasteiger partial charge is 0.481 e. The monoisotopic (exact) mass is 780 g/mol. The third-order valence-electron chi connectivity index (χ3n) is 12.8. The lowest BCUT2D eigenvalue weighted by atomic mass is 9.65. The molecular weight excluding hydrogens is 720 g/mol. The van der Waals surface area contributed by atoms with E-state index < -0.39 is 96.2 Å². The number of ether oxygens (including phenoxy) is 3. The van der Waals surface area contributed by atoms with E-state index in [4.69, 9.17) is 14.2 Å². The number of carbonyl (C=O) groups is 4. The van der Waals surface area contributed by atoms with Crippen molar-refractivity contribution in [2.45, 2.75) is 130 Å². The SMILES string of the molecule is CC1=CC2C(CCC(C)C2OC2OC(C)C(O)C(=O)C2O)C2C(=O)OC(=O)/C(C)=C3/CC(O)C(C)C3=C2C1/C=C/C=C/C=C(\C)CC(C)CC(O)C(C)C(=O)O. The van der Waals surface area contributed by atoms with Gasteiger partial charge in [-0.15, -0.1) is 0 Å². The highest BCUT2D eigenvalue weighted by Crippen LogP contribution is 2.54. The summed E-state index contributed by atoms with van der Waals surface area (Å²) in [7, 11) is 0. The number of carboxylic acids is 1. The van der Waals surface area contributed by atoms with Crippen LogP contribution in [0, 0.1) is 47.3 Å². The van der Waals surface area contributed by atoms with Crippen LogP contribution < -0.4 is 0 Å². The maximum Gasteiger partial charge on any atom is 0.341 e. The number of aliphatic hydroxyl groups excluding tert-OH is 4. The second-order valence-corrected chi connectivity index (χ2v) is 17.0. The smallest absolute Gasteiger partial charge is 0.341 e. The zero-order chi connectivity index (χ0) is 41.3. The van der Waals surface area contributed by atoms with E-state index in [0.717, 1.165) is 22.3 Å². The highest BCUT2D eigenvalue weighted by atomic mass is 16.7. The maximum atomic E-state index is 14.4. The van der Waals surface area contributed by atoms with E-state index >= 15 is 0 Å². The second kappa shape index (κ2) is 18.0. The van der Waals surface area contributed by atoms with Gasteiger partial charge in [0.05, 0.1) is 36.3 Å². The van der Waals surface area contributed by atoms with Crippen LogP contribution in [0.15, 0.2) is 69.9 Å². The molecule has 0 aromatic carbocycles. The van der Waals surface area contributed by atoms with Crippen LogP contribution >= 0.6 is 0 Å². The van der Waals surface area contributed by atoms with Crippen LogP contribution in [0.2, 0.25) is 0 Å². The van der Waals surface area contributed by atoms with Gasteiger partial charge in [-0.2, -0.15) is 0 Å². The molecule has 15 unspecified atom stereocenters. The summed E-state index contributed by atoms with van der Waals surface area (Å²) in [6, 6.07) is 0. The van der Waals surface area contributed by atoms with Crippen molar-refractivity contribution in [1.82, 2.24) is 0 Å². The second-order valence-electron chi connectivity index (χ2n) is 17.0. The first kappa shape index (κ1) is 43.6. The van der Waals surface area contributed by atoms with Gasteiger partial charge in [-0.3, -0.25) is 14.4 Å². The van der Waals surface area contributed by atoms with Gasteiger partial charge in [-0.1, -0.05) is 68.4 Å². The molecule has 56 heavy (non-hydrogen) atoms. The van der Waals surface area contributed by atoms with E-state index in [0.29, 0.717) is 36.8 Å². The first-order valence-electron chi connectivity index (χ1n) is 20.0. The molecule has 1 saturated heterocycles. The molecule has 308 valence electrons. The molecule has 15 atom stereocenters. The van der Waals surface area contributed by atoms with E-state index in [1.54, 1.807) is 6.92 Å². The summed E-state index contributed by atoms with van der Waals surface area (Å²) in [5.74, 6) is -6.51. The van der Waals surface area contributed by atoms with E-state index in [9.17, 15) is 44.7 Å². The first-order valence-corrected chi connectivity index (χ1v) is 20.0. The standard InChI is InChI=1S/C44H60O12/c1-20(16-21(2)17-32(45)26(7)41(50)51)12-10-9-11-13-28-23(4)18-31-29(15-14-22(3)40(31)55-44-39(49)38(48)37(47)27(8)54-44)36-35(28)34-25(6)33(46)19-30(34)24(5)42(52)56-43(36)53/h9-13,18,21-22,25-29,31-33,36-37,39-40,44-47,49H,14-17,19H2,1-8H3,(H,50,51)/b10-9+,13-11+,20-12+,30-24-,35-34?. The minimum absolute atomic E-state index is 0.0685. The summed E-state index contributed by atoms with van der Waals surface area (Å²) in [5.41, 5.74) is 4.56. The number of Topliss-reactive ketones (excluding diaryl/α,β-unsaturated/α-hetero) is 1. The van der Waals surface area contributed by atoms with Gasteiger partial charge < -0.3 is 39.7 Å². The Morgan fingerprint density at radius 1 is 1.02 bits per heavy atom. The van der Waals surface area contributed by atoms with Crippen molar-refractivity contribution >= 4 is 23.7 Å². The summed E-state index contributed by atoms with van der Waals surface area (Å²) < 4.78 is 17.9. The molecule has 5 aliphatic rings. The Bertz CT molecular complexity index is 1730. The van der Waals surface area contributed by atoms with Gasteiger partial charge in [0.25, 0.3) is 0 Å². The number of aliphatic carboxylic acids is 1. The average Bonchev–Trinajstić information content (AvgIpc) is 3.36. The van der Waals surface area contributed by atoms with Crippen molar-refractivity contribution < 1.29 is 58.9 Å². The number of cyclic esters (lactones) is 2. The lowest BCUT2D eigenvalue weighted by molar-refractivity contribution is -0.274. The number of hydrogen-bond acceptors (Lipinski definition) is 11. The predicted molar refractivity (Wildman–Crippen MR) is 206 cm³/mol. The number of allylic oxidation sites excluding steroid dienone is 7. The summed E-state index contributed by atoms with van der Waals surface area (Å²) in [6.45, 7) is 14.6. The topological polar surface area (TPSA) is 197 Å². The van der Waals surface area contributed by atoms with Crippen LogP contribution in [-0.2, 0) is 33.4 Å². The van der Waals surface area contributed by atoms with Gasteiger partial charge in [0.15, 0.2) is 18.2 Å². The fourth-order valence-electron chi connectivity index (χ4n) is 9.45. The van der Waals surface area contributed by atoms with Gasteiger partial charge in [-0.25, -0.2) is 4.79 Å². The molecule has 0 radical (unpaired) electrons. The molecule has 2 saturated carbocycles. The van der Waals surface area contributed by atoms with Crippen LogP contribution in [0.4, 0.5) is 0 Å². The Morgan fingerprint density at radius 2 is 1.71 bits per heavy atom. The maximum absolute atomic E-state index is 14.4. The molecule has 0 aromatic heterocycles. The normalized spacial score (nSPS) is 38.6. The Morgan fingerprint density at radius 3 is 2.39 bits per heavy atom. The van der Waals surface area contributed by atoms with Crippen molar-refractivity contribution in [3.8, 4) is 0 Å². The van der Waals surface area contributed by atoms with Crippen LogP contribution in [0.25, 0.3) is 0 Å². The molecule has 12 heteroatoms. The fourth-order valence-corrected chi connectivity index (χ4v) is 9.45. The Kier molecular flexibility index (Phi) is 14.0. The number of rotatable bonds is 11. The lowest BCUT2D eigenvalue weighted by Gasteiger charge is -2.45. The van der Waals surface area contributed by atoms with Crippen LogP contribution in [0.3, 0.4) is 0 Å². The molecule has 2 heterocycles. The summed E-state index contributed by atoms with van der Waals surface area (Å²) >= 11 is 0. The van der Waals surface area contributed by atoms with Gasteiger partial charge in [-0.05, 0) is 101 Å². The minimum Gasteiger partial charge on any atom is -0.481 e. The molecule has 12 nitrogen and oxygen atoms in total. The predicted octanol–water partition coefficient (Wildman–Crippen LogP) is 4.92. The van der Waals surface area contributed by atoms with Gasteiger partial charge in [0.1, 0.15) is 6.10 Å². The molecule has 0 spiro atoms. The van der Waals surface area contributed by atoms with Crippen LogP contribution in [-0.4, -0.2) is 92.1 Å². The molecule has 3 aliphatic carbocycles. The molecule has 0 amide bonds. The van der Waals surface area contributed by atoms with Crippen molar-refractivity contribution in [2.24, 2.45) is 47.3 Å². The molecule has 3 fully saturated rings. The molecule has 5 rings (SSSR count). The third-order valence-corrected chi connectivity index (χ3v) is 12.8. The number of hydrogen-bond donors (Lipinski definition) is 5. The van der Waals surface area contributed by atoms with Crippen molar-refractivity contribution in [3.63, 3.8) is 0 Å². The number of aliphatic hydroxyl groups is 4. The van der Waals surface area contributed by atoms with Gasteiger partial charge >= 0.3 is 17.9 Å². The number of ketones is 1. The average molecular weight is 781 g/mol. The van der Waals surface area contributed by atoms with Crippen molar-refractivity contribution in [3.05, 3.63) is 69.9 Å². The van der Waals surface area contributed by atoms with E-state index in [1.807, 2.05) is 65.0 Å². The highest BCUT2D eigenvalue weighted by Gasteiger charge is 2.53. The van der Waals surface area contributed by atoms with Gasteiger partial charge in [0, 0.05) is 23.3 Å². The minimum atomic E-state index is -1.70. The fraction of sp³-hybridized carbons (Fsp3) is 0.636. The molecule has 0 bridgehead atoms. The van der Waals surface area contributed by atoms with E-state index in [-0.39, 0.29) is 24.2 Å². The molecular formula is C44H60O12. The molecule has 5 N–H and O–H groups in total. The van der Waals surface area contributed by atoms with Crippen LogP contribution in [0.1, 0.15) is 87.5 Å². The van der Waals surface area contributed by atoms with E-state index in [2.05, 4.69) is 6.08 Å². The van der Waals surface area contributed by atoms with Crippen LogP contribution in [0.5, 0.6) is 0 Å². The number of esters is 2. The van der Waals surface area contributed by atoms with Crippen molar-refractivity contribution in [1.29, 1.82) is 0 Å². The van der Waals surface area contributed by atoms with Crippen molar-refractivity contribution in [2.75, 3.05) is 0 Å². The summed E-state index contributed by atoms with van der Waals surface area (Å²) in [5, 5.41) is 51.8. The number of carbonyl (C=O) groups excluding carboxylic acids is 3. The van der Waals surface area contributed by atoms with Gasteiger partial charge in [0.2, 0.25) is 0 Å². The number of carboxylic acid groups (broad SMARTS) is 1. The lowest BCUT2D eigenvalue weighted by Crippen LogP contribution is -2.57. The Labute approximate surface area is 329 Å². The number of fused-ring (bicyclic) bond motifs is 4. The quantitative estimate of drug-likeness (QED) is 0.0823.